The standard InChI is InChI=1S/C21H18ClNO4/c1-12-3-5-13(6-4-12)18-17-19(24)15-11-14(22)7-8-16(15)27-20(17)21(25)23(18)9-10-26-2/h3-8,11,18H,9-10H2,1-2H3. The van der Waals surface area contributed by atoms with Crippen LogP contribution in [0.1, 0.15) is 33.3 Å². The van der Waals surface area contributed by atoms with E-state index in [-0.39, 0.29) is 17.1 Å². The van der Waals surface area contributed by atoms with Crippen LogP contribution in [0.3, 0.4) is 0 Å². The largest absolute Gasteiger partial charge is 0.450 e. The molecule has 3 aromatic rings. The van der Waals surface area contributed by atoms with Gasteiger partial charge in [0.15, 0.2) is 5.43 Å². The third kappa shape index (κ3) is 2.93. The fourth-order valence-corrected chi connectivity index (χ4v) is 3.68. The number of nitrogens with zero attached hydrogens (tertiary/aromatic N) is 1. The molecule has 6 heteroatoms. The molecule has 0 radical (unpaired) electrons. The number of aryl methyl sites for hydroxylation is 1. The Bertz CT molecular complexity index is 1090. The Kier molecular flexibility index (Phi) is 4.50. The fraction of sp³-hybridized carbons (Fsp3) is 0.238. The number of amides is 1. The van der Waals surface area contributed by atoms with E-state index >= 15 is 0 Å². The summed E-state index contributed by atoms with van der Waals surface area (Å²) in [6, 6.07) is 12.1. The Hall–Kier alpha value is -2.63. The molecular weight excluding hydrogens is 366 g/mol. The molecule has 0 saturated carbocycles. The van der Waals surface area contributed by atoms with E-state index in [9.17, 15) is 9.59 Å². The minimum atomic E-state index is -0.511. The molecule has 0 fully saturated rings. The SMILES string of the molecule is COCCN1C(=O)c2oc3ccc(Cl)cc3c(=O)c2C1c1ccc(C)cc1. The summed E-state index contributed by atoms with van der Waals surface area (Å²) in [5.74, 6) is -0.210. The van der Waals surface area contributed by atoms with Crippen molar-refractivity contribution in [3.8, 4) is 0 Å². The van der Waals surface area contributed by atoms with Crippen molar-refractivity contribution in [3.05, 3.63) is 80.2 Å². The molecule has 4 rings (SSSR count). The first-order valence-corrected chi connectivity index (χ1v) is 9.02. The summed E-state index contributed by atoms with van der Waals surface area (Å²) in [5.41, 5.74) is 2.44. The minimum absolute atomic E-state index is 0.0940. The van der Waals surface area contributed by atoms with Crippen LogP contribution in [0, 0.1) is 6.92 Å². The molecule has 0 aliphatic carbocycles. The molecule has 0 bridgehead atoms. The maximum Gasteiger partial charge on any atom is 0.290 e. The topological polar surface area (TPSA) is 59.8 Å². The average molecular weight is 384 g/mol. The van der Waals surface area contributed by atoms with Crippen LogP contribution in [0.15, 0.2) is 51.7 Å². The van der Waals surface area contributed by atoms with Gasteiger partial charge < -0.3 is 14.1 Å². The quantitative estimate of drug-likeness (QED) is 0.684. The van der Waals surface area contributed by atoms with Crippen molar-refractivity contribution < 1.29 is 13.9 Å². The fourth-order valence-electron chi connectivity index (χ4n) is 3.51. The zero-order valence-electron chi connectivity index (χ0n) is 15.0. The van der Waals surface area contributed by atoms with Gasteiger partial charge in [0.2, 0.25) is 5.76 Å². The summed E-state index contributed by atoms with van der Waals surface area (Å²) >= 11 is 6.06. The molecule has 2 aromatic carbocycles. The second-order valence-corrected chi connectivity index (χ2v) is 7.06. The Labute approximate surface area is 161 Å². The molecule has 1 atom stereocenters. The van der Waals surface area contributed by atoms with E-state index in [1.54, 1.807) is 30.2 Å². The molecule has 27 heavy (non-hydrogen) atoms. The van der Waals surface area contributed by atoms with Crippen molar-refractivity contribution in [1.29, 1.82) is 0 Å². The number of halogens is 1. The molecule has 0 spiro atoms. The van der Waals surface area contributed by atoms with Gasteiger partial charge in [-0.25, -0.2) is 0 Å². The highest BCUT2D eigenvalue weighted by Gasteiger charge is 2.42. The van der Waals surface area contributed by atoms with E-state index in [1.165, 1.54) is 0 Å². The number of ether oxygens (including phenoxy) is 1. The Morgan fingerprint density at radius 1 is 1.15 bits per heavy atom. The van der Waals surface area contributed by atoms with Crippen LogP contribution in [0.2, 0.25) is 5.02 Å². The lowest BCUT2D eigenvalue weighted by Gasteiger charge is -2.24. The molecule has 1 aliphatic rings. The lowest BCUT2D eigenvalue weighted by molar-refractivity contribution is 0.0663. The van der Waals surface area contributed by atoms with Crippen LogP contribution in [0.4, 0.5) is 0 Å². The molecular formula is C21H18ClNO4. The number of hydrogen-bond acceptors (Lipinski definition) is 4. The molecule has 2 heterocycles. The number of carbonyl (C=O) groups is 1. The Morgan fingerprint density at radius 2 is 1.89 bits per heavy atom. The van der Waals surface area contributed by atoms with Crippen molar-refractivity contribution in [2.45, 2.75) is 13.0 Å². The number of carbonyl (C=O) groups excluding carboxylic acids is 1. The molecule has 138 valence electrons. The third-order valence-corrected chi connectivity index (χ3v) is 5.09. The lowest BCUT2D eigenvalue weighted by Crippen LogP contribution is -2.32. The van der Waals surface area contributed by atoms with Gasteiger partial charge in [-0.05, 0) is 30.7 Å². The first-order valence-electron chi connectivity index (χ1n) is 8.64. The van der Waals surface area contributed by atoms with E-state index in [2.05, 4.69) is 0 Å². The molecule has 0 saturated heterocycles. The molecule has 1 aliphatic heterocycles. The van der Waals surface area contributed by atoms with Crippen LogP contribution in [-0.4, -0.2) is 31.1 Å². The predicted molar refractivity (Wildman–Crippen MR) is 103 cm³/mol. The van der Waals surface area contributed by atoms with Crippen molar-refractivity contribution in [3.63, 3.8) is 0 Å². The third-order valence-electron chi connectivity index (χ3n) is 4.86. The van der Waals surface area contributed by atoms with E-state index in [4.69, 9.17) is 20.8 Å². The van der Waals surface area contributed by atoms with Gasteiger partial charge in [-0.2, -0.15) is 0 Å². The number of fused-ring (bicyclic) bond motifs is 2. The van der Waals surface area contributed by atoms with Gasteiger partial charge in [0, 0.05) is 18.7 Å². The molecule has 1 unspecified atom stereocenters. The van der Waals surface area contributed by atoms with Gasteiger partial charge in [0.1, 0.15) is 5.58 Å². The summed E-state index contributed by atoms with van der Waals surface area (Å²) in [5, 5.41) is 0.821. The van der Waals surface area contributed by atoms with Crippen LogP contribution in [-0.2, 0) is 4.74 Å². The Balaban J connectivity index is 1.97. The highest BCUT2D eigenvalue weighted by atomic mass is 35.5. The smallest absolute Gasteiger partial charge is 0.290 e. The van der Waals surface area contributed by atoms with E-state index in [1.807, 2.05) is 31.2 Å². The van der Waals surface area contributed by atoms with Gasteiger partial charge in [0.05, 0.1) is 23.6 Å². The molecule has 1 amide bonds. The van der Waals surface area contributed by atoms with Crippen molar-refractivity contribution in [2.24, 2.45) is 0 Å². The highest BCUT2D eigenvalue weighted by molar-refractivity contribution is 6.31. The van der Waals surface area contributed by atoms with Gasteiger partial charge in [-0.3, -0.25) is 9.59 Å². The highest BCUT2D eigenvalue weighted by Crippen LogP contribution is 2.38. The molecule has 0 N–H and O–H groups in total. The van der Waals surface area contributed by atoms with Crippen LogP contribution >= 0.6 is 11.6 Å². The summed E-state index contributed by atoms with van der Waals surface area (Å²) in [6.07, 6.45) is 0. The zero-order chi connectivity index (χ0) is 19.1. The van der Waals surface area contributed by atoms with Crippen molar-refractivity contribution in [1.82, 2.24) is 4.90 Å². The van der Waals surface area contributed by atoms with Gasteiger partial charge >= 0.3 is 0 Å². The maximum atomic E-state index is 13.3. The number of methoxy groups -OCH3 is 1. The van der Waals surface area contributed by atoms with E-state index < -0.39 is 6.04 Å². The normalized spacial score (nSPS) is 16.2. The van der Waals surface area contributed by atoms with Crippen molar-refractivity contribution in [2.75, 3.05) is 20.3 Å². The summed E-state index contributed by atoms with van der Waals surface area (Å²) in [4.78, 5) is 27.9. The predicted octanol–water partition coefficient (Wildman–Crippen LogP) is 3.95. The first kappa shape index (κ1) is 17.8. The number of hydrogen-bond donors (Lipinski definition) is 0. The minimum Gasteiger partial charge on any atom is -0.450 e. The second-order valence-electron chi connectivity index (χ2n) is 6.62. The van der Waals surface area contributed by atoms with E-state index in [0.29, 0.717) is 34.7 Å². The monoisotopic (exact) mass is 383 g/mol. The lowest BCUT2D eigenvalue weighted by atomic mass is 9.98. The summed E-state index contributed by atoms with van der Waals surface area (Å²) < 4.78 is 11.0. The van der Waals surface area contributed by atoms with Gasteiger partial charge in [0.25, 0.3) is 5.91 Å². The van der Waals surface area contributed by atoms with Crippen molar-refractivity contribution >= 4 is 28.5 Å². The Morgan fingerprint density at radius 3 is 2.59 bits per heavy atom. The van der Waals surface area contributed by atoms with Crippen LogP contribution in [0.5, 0.6) is 0 Å². The van der Waals surface area contributed by atoms with Gasteiger partial charge in [-0.1, -0.05) is 41.4 Å². The molecule has 5 nitrogen and oxygen atoms in total. The average Bonchev–Trinajstić information content (AvgIpc) is 2.94. The number of benzene rings is 2. The van der Waals surface area contributed by atoms with E-state index in [0.717, 1.165) is 11.1 Å². The van der Waals surface area contributed by atoms with Crippen LogP contribution < -0.4 is 5.43 Å². The second kappa shape index (κ2) is 6.83. The summed E-state index contributed by atoms with van der Waals surface area (Å²) in [6.45, 7) is 2.71. The van der Waals surface area contributed by atoms with Gasteiger partial charge in [-0.15, -0.1) is 0 Å². The zero-order valence-corrected chi connectivity index (χ0v) is 15.7. The summed E-state index contributed by atoms with van der Waals surface area (Å²) in [7, 11) is 1.58. The maximum absolute atomic E-state index is 13.3. The number of rotatable bonds is 4. The van der Waals surface area contributed by atoms with Crippen LogP contribution in [0.25, 0.3) is 11.0 Å². The first-order chi connectivity index (χ1) is 13.0. The molecule has 1 aromatic heterocycles.